The lowest BCUT2D eigenvalue weighted by Crippen LogP contribution is -2.38. The van der Waals surface area contributed by atoms with Gasteiger partial charge in [-0.1, -0.05) is 78.3 Å². The van der Waals surface area contributed by atoms with Gasteiger partial charge in [0, 0.05) is 0 Å². The summed E-state index contributed by atoms with van der Waals surface area (Å²) < 4.78 is 0. The van der Waals surface area contributed by atoms with E-state index in [1.807, 2.05) is 0 Å². The Labute approximate surface area is 121 Å². The first kappa shape index (κ1) is 18.7. The van der Waals surface area contributed by atoms with Crippen LogP contribution in [0.3, 0.4) is 0 Å². The van der Waals surface area contributed by atoms with E-state index in [0.717, 1.165) is 37.8 Å². The molecule has 0 saturated heterocycles. The third-order valence-electron chi connectivity index (χ3n) is 4.62. The van der Waals surface area contributed by atoms with E-state index in [0.29, 0.717) is 0 Å². The van der Waals surface area contributed by atoms with Crippen LogP contribution in [0.2, 0.25) is 17.1 Å². The molecule has 114 valence electrons. The van der Waals surface area contributed by atoms with Gasteiger partial charge in [-0.3, -0.25) is 4.79 Å². The summed E-state index contributed by atoms with van der Waals surface area (Å²) in [5.41, 5.74) is 0. The zero-order valence-corrected chi connectivity index (χ0v) is 14.7. The van der Waals surface area contributed by atoms with Gasteiger partial charge >= 0.3 is 5.97 Å². The Hall–Kier alpha value is -0.313. The van der Waals surface area contributed by atoms with Gasteiger partial charge in [-0.05, 0) is 12.8 Å². The maximum atomic E-state index is 11.9. The van der Waals surface area contributed by atoms with Crippen LogP contribution in [0.5, 0.6) is 0 Å². The minimum absolute atomic E-state index is 0.329. The van der Waals surface area contributed by atoms with Crippen molar-refractivity contribution in [3.05, 3.63) is 0 Å². The molecule has 0 rings (SSSR count). The van der Waals surface area contributed by atoms with Crippen molar-refractivity contribution in [2.45, 2.75) is 96.2 Å². The summed E-state index contributed by atoms with van der Waals surface area (Å²) in [4.78, 5) is 11.9. The number of unbranched alkanes of at least 4 members (excludes halogenated alkanes) is 4. The molecule has 0 radical (unpaired) electrons. The van der Waals surface area contributed by atoms with Crippen molar-refractivity contribution < 1.29 is 9.90 Å². The second-order valence-corrected chi connectivity index (χ2v) is 10.0. The van der Waals surface area contributed by atoms with E-state index in [-0.39, 0.29) is 5.04 Å². The van der Waals surface area contributed by atoms with E-state index < -0.39 is 14.8 Å². The predicted octanol–water partition coefficient (Wildman–Crippen LogP) is 5.24. The lowest BCUT2D eigenvalue weighted by molar-refractivity contribution is -0.141. The number of hydrogen-bond donors (Lipinski definition) is 1. The van der Waals surface area contributed by atoms with Crippen LogP contribution in [0.4, 0.5) is 0 Å². The van der Waals surface area contributed by atoms with Gasteiger partial charge in [-0.25, -0.2) is 0 Å². The number of carbonyl (C=O) groups is 1. The fraction of sp³-hybridized carbons (Fsp3) is 0.938. The molecule has 2 nitrogen and oxygen atoms in total. The maximum absolute atomic E-state index is 11.9. The average molecular weight is 287 g/mol. The first-order valence-electron chi connectivity index (χ1n) is 8.32. The fourth-order valence-electron chi connectivity index (χ4n) is 3.48. The topological polar surface area (TPSA) is 37.3 Å². The summed E-state index contributed by atoms with van der Waals surface area (Å²) in [6.07, 6.45) is 8.95. The van der Waals surface area contributed by atoms with Crippen molar-refractivity contribution in [2.75, 3.05) is 0 Å². The van der Waals surface area contributed by atoms with Gasteiger partial charge in [0.05, 0.1) is 13.8 Å². The summed E-state index contributed by atoms with van der Waals surface area (Å²) in [5.74, 6) is -0.495. The van der Waals surface area contributed by atoms with Crippen molar-refractivity contribution in [1.82, 2.24) is 0 Å². The van der Waals surface area contributed by atoms with Crippen LogP contribution in [0.25, 0.3) is 0 Å². The highest BCUT2D eigenvalue weighted by Gasteiger charge is 2.43. The Balaban J connectivity index is 4.67. The number of rotatable bonds is 12. The highest BCUT2D eigenvalue weighted by molar-refractivity contribution is 6.66. The molecule has 0 saturated carbocycles. The number of carboxylic acid groups (broad SMARTS) is 1. The lowest BCUT2D eigenvalue weighted by Gasteiger charge is -2.35. The van der Waals surface area contributed by atoms with Crippen molar-refractivity contribution in [3.63, 3.8) is 0 Å². The van der Waals surface area contributed by atoms with Gasteiger partial charge in [0.1, 0.15) is 0 Å². The molecule has 0 aromatic rings. The quantitative estimate of drug-likeness (QED) is 0.393. The largest absolute Gasteiger partial charge is 0.481 e. The summed E-state index contributed by atoms with van der Waals surface area (Å²) in [7, 11) is -1.18. The van der Waals surface area contributed by atoms with Gasteiger partial charge in [-0.2, -0.15) is 0 Å². The van der Waals surface area contributed by atoms with Crippen molar-refractivity contribution in [3.8, 4) is 0 Å². The van der Waals surface area contributed by atoms with Gasteiger partial charge in [0.2, 0.25) is 0 Å². The number of aliphatic carboxylic acids is 1. The SMILES string of the molecule is CCCCCCCC(CCC)(C(=O)O)[SiH](CC)CC. The maximum Gasteiger partial charge on any atom is 0.306 e. The lowest BCUT2D eigenvalue weighted by atomic mass is 9.94. The Kier molecular flexibility index (Phi) is 10.3. The summed E-state index contributed by atoms with van der Waals surface area (Å²) in [5, 5.41) is 9.50. The van der Waals surface area contributed by atoms with Gasteiger partial charge in [0.25, 0.3) is 0 Å². The molecule has 1 unspecified atom stereocenters. The molecule has 1 atom stereocenters. The van der Waals surface area contributed by atoms with Gasteiger partial charge in [0.15, 0.2) is 0 Å². The second kappa shape index (κ2) is 10.5. The first-order chi connectivity index (χ1) is 9.08. The molecule has 19 heavy (non-hydrogen) atoms. The molecule has 0 amide bonds. The molecule has 0 spiro atoms. The monoisotopic (exact) mass is 286 g/mol. The third kappa shape index (κ3) is 5.68. The zero-order chi connectivity index (χ0) is 14.7. The predicted molar refractivity (Wildman–Crippen MR) is 86.7 cm³/mol. The fourth-order valence-corrected chi connectivity index (χ4v) is 7.28. The molecule has 0 aliphatic heterocycles. The normalized spacial score (nSPS) is 14.6. The average Bonchev–Trinajstić information content (AvgIpc) is 2.39. The van der Waals surface area contributed by atoms with Crippen LogP contribution < -0.4 is 0 Å². The van der Waals surface area contributed by atoms with Crippen LogP contribution in [0, 0.1) is 0 Å². The molecule has 0 aliphatic rings. The smallest absolute Gasteiger partial charge is 0.306 e. The van der Waals surface area contributed by atoms with Crippen LogP contribution in [-0.4, -0.2) is 19.9 Å². The van der Waals surface area contributed by atoms with Crippen LogP contribution in [-0.2, 0) is 4.79 Å². The molecule has 0 aromatic carbocycles. The van der Waals surface area contributed by atoms with E-state index in [9.17, 15) is 9.90 Å². The number of carboxylic acids is 1. The number of hydrogen-bond acceptors (Lipinski definition) is 1. The van der Waals surface area contributed by atoms with E-state index in [1.165, 1.54) is 25.7 Å². The van der Waals surface area contributed by atoms with Crippen LogP contribution in [0.1, 0.15) is 79.1 Å². The Bertz CT molecular complexity index is 239. The third-order valence-corrected chi connectivity index (χ3v) is 8.97. The van der Waals surface area contributed by atoms with E-state index in [4.69, 9.17) is 0 Å². The standard InChI is InChI=1S/C16H34O2Si/c1-5-9-10-11-12-14-16(13-6-2,15(17)18)19(7-3)8-4/h19H,5-14H2,1-4H3,(H,17,18). The van der Waals surface area contributed by atoms with Crippen LogP contribution >= 0.6 is 0 Å². The first-order valence-corrected chi connectivity index (χ1v) is 10.5. The molecule has 3 heteroatoms. The Morgan fingerprint density at radius 2 is 1.47 bits per heavy atom. The molecule has 1 N–H and O–H groups in total. The minimum Gasteiger partial charge on any atom is -0.481 e. The van der Waals surface area contributed by atoms with Crippen LogP contribution in [0.15, 0.2) is 0 Å². The van der Waals surface area contributed by atoms with Crippen molar-refractivity contribution in [1.29, 1.82) is 0 Å². The molecule has 0 aromatic heterocycles. The molecule has 0 fully saturated rings. The molecular formula is C16H34O2Si. The van der Waals surface area contributed by atoms with Crippen molar-refractivity contribution >= 4 is 14.8 Å². The molecule has 0 bridgehead atoms. The summed E-state index contributed by atoms with van der Waals surface area (Å²) in [6.45, 7) is 8.75. The highest BCUT2D eigenvalue weighted by atomic mass is 28.3. The molecular weight excluding hydrogens is 252 g/mol. The van der Waals surface area contributed by atoms with Gasteiger partial charge < -0.3 is 5.11 Å². The zero-order valence-electron chi connectivity index (χ0n) is 13.5. The van der Waals surface area contributed by atoms with E-state index in [1.54, 1.807) is 0 Å². The Morgan fingerprint density at radius 3 is 1.89 bits per heavy atom. The van der Waals surface area contributed by atoms with Crippen molar-refractivity contribution in [2.24, 2.45) is 0 Å². The summed E-state index contributed by atoms with van der Waals surface area (Å²) in [6, 6.07) is 2.25. The molecule has 0 aliphatic carbocycles. The van der Waals surface area contributed by atoms with Gasteiger partial charge in [-0.15, -0.1) is 0 Å². The summed E-state index contributed by atoms with van der Waals surface area (Å²) >= 11 is 0. The molecule has 0 heterocycles. The van der Waals surface area contributed by atoms with E-state index >= 15 is 0 Å². The second-order valence-electron chi connectivity index (χ2n) is 5.89. The van der Waals surface area contributed by atoms with E-state index in [2.05, 4.69) is 27.7 Å². The Morgan fingerprint density at radius 1 is 0.895 bits per heavy atom. The highest BCUT2D eigenvalue weighted by Crippen LogP contribution is 2.44. The minimum atomic E-state index is -1.18.